The van der Waals surface area contributed by atoms with Crippen molar-refractivity contribution >= 4 is 0 Å². The number of aliphatic hydroxyl groups is 2. The highest BCUT2D eigenvalue weighted by molar-refractivity contribution is 5.07. The van der Waals surface area contributed by atoms with Crippen molar-refractivity contribution in [1.82, 2.24) is 0 Å². The smallest absolute Gasteiger partial charge is 0.147 e. The van der Waals surface area contributed by atoms with Crippen LogP contribution in [-0.2, 0) is 0 Å². The maximum atomic E-state index is 8.65. The maximum Gasteiger partial charge on any atom is 0.147 e. The SMILES string of the molecule is C=C[C](O)C(O)C=C. The van der Waals surface area contributed by atoms with Crippen LogP contribution >= 0.6 is 0 Å². The summed E-state index contributed by atoms with van der Waals surface area (Å²) in [5, 5.41) is 17.3. The van der Waals surface area contributed by atoms with Gasteiger partial charge in [0.05, 0.1) is 0 Å². The highest BCUT2D eigenvalue weighted by atomic mass is 16.3. The topological polar surface area (TPSA) is 40.5 Å². The average molecular weight is 113 g/mol. The monoisotopic (exact) mass is 113 g/mol. The zero-order valence-corrected chi connectivity index (χ0v) is 4.54. The first-order valence-electron chi connectivity index (χ1n) is 2.21. The predicted octanol–water partition coefficient (Wildman–Crippen LogP) is 0.624. The van der Waals surface area contributed by atoms with Crippen molar-refractivity contribution in [1.29, 1.82) is 0 Å². The zero-order valence-electron chi connectivity index (χ0n) is 4.54. The van der Waals surface area contributed by atoms with Gasteiger partial charge in [0.1, 0.15) is 12.2 Å². The highest BCUT2D eigenvalue weighted by Crippen LogP contribution is 2.02. The van der Waals surface area contributed by atoms with Crippen LogP contribution in [0, 0.1) is 6.10 Å². The van der Waals surface area contributed by atoms with E-state index in [0.717, 1.165) is 0 Å². The van der Waals surface area contributed by atoms with Crippen LogP contribution in [0.15, 0.2) is 25.3 Å². The number of aliphatic hydroxyl groups excluding tert-OH is 2. The van der Waals surface area contributed by atoms with Gasteiger partial charge in [-0.2, -0.15) is 0 Å². The molecule has 0 saturated carbocycles. The van der Waals surface area contributed by atoms with Crippen LogP contribution in [0.25, 0.3) is 0 Å². The second kappa shape index (κ2) is 3.41. The van der Waals surface area contributed by atoms with E-state index in [0.29, 0.717) is 0 Å². The van der Waals surface area contributed by atoms with E-state index in [1.807, 2.05) is 0 Å². The van der Waals surface area contributed by atoms with Crippen LogP contribution in [0.4, 0.5) is 0 Å². The molecule has 0 aromatic heterocycles. The summed E-state index contributed by atoms with van der Waals surface area (Å²) >= 11 is 0. The van der Waals surface area contributed by atoms with Crippen LogP contribution in [0.3, 0.4) is 0 Å². The minimum Gasteiger partial charge on any atom is -0.386 e. The van der Waals surface area contributed by atoms with Crippen LogP contribution in [0.5, 0.6) is 0 Å². The first-order chi connectivity index (χ1) is 3.72. The van der Waals surface area contributed by atoms with Crippen LogP contribution < -0.4 is 0 Å². The van der Waals surface area contributed by atoms with E-state index in [-0.39, 0.29) is 6.10 Å². The van der Waals surface area contributed by atoms with Crippen molar-refractivity contribution in [2.24, 2.45) is 0 Å². The molecule has 0 amide bonds. The zero-order chi connectivity index (χ0) is 6.57. The molecular weight excluding hydrogens is 104 g/mol. The quantitative estimate of drug-likeness (QED) is 0.527. The Kier molecular flexibility index (Phi) is 3.15. The summed E-state index contributed by atoms with van der Waals surface area (Å²) in [4.78, 5) is 0. The predicted molar refractivity (Wildman–Crippen MR) is 31.6 cm³/mol. The third kappa shape index (κ3) is 1.91. The van der Waals surface area contributed by atoms with Crippen LogP contribution in [0.2, 0.25) is 0 Å². The standard InChI is InChI=1S/C6H9O2/c1-3-5(7)6(8)4-2/h3-5,7-8H,1-2H2. The summed E-state index contributed by atoms with van der Waals surface area (Å²) in [5.74, 6) is 0. The van der Waals surface area contributed by atoms with Gasteiger partial charge in [-0.15, -0.1) is 13.2 Å². The molecule has 0 heterocycles. The molecule has 0 aromatic rings. The molecule has 0 fully saturated rings. The van der Waals surface area contributed by atoms with Gasteiger partial charge in [0.2, 0.25) is 0 Å². The summed E-state index contributed by atoms with van der Waals surface area (Å²) in [7, 11) is 0. The lowest BCUT2D eigenvalue weighted by Gasteiger charge is -2.05. The molecule has 0 saturated heterocycles. The minimum absolute atomic E-state index is 0.167. The summed E-state index contributed by atoms with van der Waals surface area (Å²) in [6.45, 7) is 6.49. The van der Waals surface area contributed by atoms with Crippen molar-refractivity contribution < 1.29 is 10.2 Å². The summed E-state index contributed by atoms with van der Waals surface area (Å²) in [6, 6.07) is 0. The Balaban J connectivity index is 3.60. The fourth-order valence-electron chi connectivity index (χ4n) is 0.241. The first-order valence-corrected chi connectivity index (χ1v) is 2.21. The van der Waals surface area contributed by atoms with Crippen molar-refractivity contribution in [3.8, 4) is 0 Å². The van der Waals surface area contributed by atoms with Crippen molar-refractivity contribution in [3.63, 3.8) is 0 Å². The van der Waals surface area contributed by atoms with E-state index in [1.165, 1.54) is 12.2 Å². The fraction of sp³-hybridized carbons (Fsp3) is 0.167. The average Bonchev–Trinajstić information content (AvgIpc) is 1.84. The van der Waals surface area contributed by atoms with Gasteiger partial charge in [0.25, 0.3) is 0 Å². The van der Waals surface area contributed by atoms with Gasteiger partial charge in [-0.1, -0.05) is 12.2 Å². The molecule has 1 unspecified atom stereocenters. The third-order valence-electron chi connectivity index (χ3n) is 0.735. The normalized spacial score (nSPS) is 13.4. The number of hydrogen-bond donors (Lipinski definition) is 2. The number of hydrogen-bond acceptors (Lipinski definition) is 2. The molecule has 0 bridgehead atoms. The molecule has 1 radical (unpaired) electrons. The molecule has 0 aliphatic rings. The molecule has 2 heteroatoms. The van der Waals surface area contributed by atoms with Gasteiger partial charge in [-0.05, 0) is 0 Å². The minimum atomic E-state index is -0.965. The lowest BCUT2D eigenvalue weighted by atomic mass is 10.2. The van der Waals surface area contributed by atoms with Crippen molar-refractivity contribution in [2.45, 2.75) is 6.10 Å². The first kappa shape index (κ1) is 7.40. The molecule has 2 nitrogen and oxygen atoms in total. The summed E-state index contributed by atoms with van der Waals surface area (Å²) < 4.78 is 0. The molecule has 0 aliphatic carbocycles. The molecule has 0 spiro atoms. The Bertz CT molecular complexity index is 76.5. The third-order valence-corrected chi connectivity index (χ3v) is 0.735. The second-order valence-electron chi connectivity index (χ2n) is 1.31. The Morgan fingerprint density at radius 2 is 2.00 bits per heavy atom. The maximum absolute atomic E-state index is 8.65. The molecule has 0 rings (SSSR count). The molecule has 0 aromatic carbocycles. The van der Waals surface area contributed by atoms with Gasteiger partial charge in [-0.3, -0.25) is 0 Å². The van der Waals surface area contributed by atoms with E-state index in [1.54, 1.807) is 0 Å². The lowest BCUT2D eigenvalue weighted by molar-refractivity contribution is 0.153. The molecule has 0 aliphatic heterocycles. The Morgan fingerprint density at radius 3 is 2.12 bits per heavy atom. The van der Waals surface area contributed by atoms with Gasteiger partial charge in [-0.25, -0.2) is 0 Å². The number of rotatable bonds is 3. The second-order valence-corrected chi connectivity index (χ2v) is 1.31. The summed E-state index contributed by atoms with van der Waals surface area (Å²) in [6.07, 6.45) is 1.26. The molecule has 1 atom stereocenters. The Hall–Kier alpha value is -0.600. The van der Waals surface area contributed by atoms with Gasteiger partial charge in [0.15, 0.2) is 0 Å². The van der Waals surface area contributed by atoms with E-state index in [4.69, 9.17) is 10.2 Å². The molecule has 8 heavy (non-hydrogen) atoms. The van der Waals surface area contributed by atoms with E-state index >= 15 is 0 Å². The van der Waals surface area contributed by atoms with E-state index in [2.05, 4.69) is 13.2 Å². The van der Waals surface area contributed by atoms with Crippen LogP contribution in [-0.4, -0.2) is 16.3 Å². The molecule has 45 valence electrons. The van der Waals surface area contributed by atoms with Crippen LogP contribution in [0.1, 0.15) is 0 Å². The molecule has 2 N–H and O–H groups in total. The van der Waals surface area contributed by atoms with Gasteiger partial charge < -0.3 is 10.2 Å². The summed E-state index contributed by atoms with van der Waals surface area (Å²) in [5.41, 5.74) is 0. The Morgan fingerprint density at radius 1 is 1.50 bits per heavy atom. The lowest BCUT2D eigenvalue weighted by Crippen LogP contribution is -2.11. The van der Waals surface area contributed by atoms with E-state index in [9.17, 15) is 0 Å². The Labute approximate surface area is 48.8 Å². The van der Waals surface area contributed by atoms with E-state index < -0.39 is 6.10 Å². The van der Waals surface area contributed by atoms with Gasteiger partial charge >= 0.3 is 0 Å². The molecular formula is C6H9O2. The largest absolute Gasteiger partial charge is 0.386 e. The van der Waals surface area contributed by atoms with Gasteiger partial charge in [0, 0.05) is 0 Å². The highest BCUT2D eigenvalue weighted by Gasteiger charge is 2.07. The fourth-order valence-corrected chi connectivity index (χ4v) is 0.241. The van der Waals surface area contributed by atoms with Crippen molar-refractivity contribution in [3.05, 3.63) is 31.4 Å². The van der Waals surface area contributed by atoms with Crippen molar-refractivity contribution in [2.75, 3.05) is 0 Å².